The quantitative estimate of drug-likeness (QED) is 0.240. The van der Waals surface area contributed by atoms with Gasteiger partial charge in [0.15, 0.2) is 0 Å². The predicted octanol–water partition coefficient (Wildman–Crippen LogP) is 8.50. The highest BCUT2D eigenvalue weighted by atomic mass is 15.0. The molecule has 8 rings (SSSR count). The van der Waals surface area contributed by atoms with Crippen LogP contribution < -0.4 is 0 Å². The first kappa shape index (κ1) is 19.2. The van der Waals surface area contributed by atoms with Gasteiger partial charge >= 0.3 is 0 Å². The van der Waals surface area contributed by atoms with Gasteiger partial charge in [0.2, 0.25) is 0 Å². The van der Waals surface area contributed by atoms with E-state index in [4.69, 9.17) is 0 Å². The van der Waals surface area contributed by atoms with Gasteiger partial charge in [0.05, 0.1) is 16.7 Å². The van der Waals surface area contributed by atoms with E-state index >= 15 is 0 Å². The summed E-state index contributed by atoms with van der Waals surface area (Å²) in [5, 5.41) is 5.27. The van der Waals surface area contributed by atoms with E-state index < -0.39 is 0 Å². The van der Waals surface area contributed by atoms with Gasteiger partial charge in [0.25, 0.3) is 0 Å². The van der Waals surface area contributed by atoms with Crippen molar-refractivity contribution in [1.29, 1.82) is 0 Å². The van der Waals surface area contributed by atoms with Gasteiger partial charge in [-0.25, -0.2) is 0 Å². The first-order valence-corrected chi connectivity index (χ1v) is 12.4. The molecule has 35 heavy (non-hydrogen) atoms. The number of nitrogens with zero attached hydrogens (tertiary/aromatic N) is 2. The number of rotatable bonds is 1. The van der Waals surface area contributed by atoms with Gasteiger partial charge < -0.3 is 4.57 Å². The number of para-hydroxylation sites is 1. The van der Waals surface area contributed by atoms with Gasteiger partial charge in [-0.15, -0.1) is 0 Å². The predicted molar refractivity (Wildman–Crippen MR) is 148 cm³/mol. The third-order valence-corrected chi connectivity index (χ3v) is 8.20. The van der Waals surface area contributed by atoms with Crippen LogP contribution in [0.2, 0.25) is 0 Å². The van der Waals surface area contributed by atoms with Crippen LogP contribution in [0.25, 0.3) is 49.4 Å². The molecule has 0 bridgehead atoms. The molecule has 0 radical (unpaired) electrons. The molecule has 6 aromatic rings. The van der Waals surface area contributed by atoms with Crippen LogP contribution in [0, 0.1) is 0 Å². The average Bonchev–Trinajstić information content (AvgIpc) is 3.55. The van der Waals surface area contributed by atoms with Gasteiger partial charge in [0.1, 0.15) is 0 Å². The Balaban J connectivity index is 1.55. The van der Waals surface area contributed by atoms with Crippen molar-refractivity contribution in [3.63, 3.8) is 0 Å². The van der Waals surface area contributed by atoms with Gasteiger partial charge in [-0.1, -0.05) is 80.6 Å². The van der Waals surface area contributed by atoms with E-state index in [9.17, 15) is 0 Å². The molecule has 0 atom stereocenters. The Morgan fingerprint density at radius 3 is 2.51 bits per heavy atom. The summed E-state index contributed by atoms with van der Waals surface area (Å²) in [5.74, 6) is 0. The van der Waals surface area contributed by atoms with Gasteiger partial charge in [-0.3, -0.25) is 4.99 Å². The second kappa shape index (κ2) is 6.49. The molecular weight excluding hydrogens is 424 g/mol. The fourth-order valence-corrected chi connectivity index (χ4v) is 6.63. The van der Waals surface area contributed by atoms with E-state index in [1.807, 2.05) is 6.21 Å². The Morgan fingerprint density at radius 1 is 0.771 bits per heavy atom. The minimum atomic E-state index is -0.111. The second-order valence-electron chi connectivity index (χ2n) is 10.4. The van der Waals surface area contributed by atoms with E-state index in [-0.39, 0.29) is 5.41 Å². The van der Waals surface area contributed by atoms with Crippen LogP contribution in [0.5, 0.6) is 0 Å². The van der Waals surface area contributed by atoms with E-state index in [1.54, 1.807) is 0 Å². The van der Waals surface area contributed by atoms with Crippen molar-refractivity contribution >= 4 is 44.5 Å². The fourth-order valence-electron chi connectivity index (χ4n) is 6.63. The molecular formula is C33H24N2. The lowest BCUT2D eigenvalue weighted by atomic mass is 9.81. The molecule has 166 valence electrons. The van der Waals surface area contributed by atoms with E-state index in [1.165, 1.54) is 66.1 Å². The molecule has 0 amide bonds. The van der Waals surface area contributed by atoms with Crippen molar-refractivity contribution in [3.05, 3.63) is 108 Å². The molecule has 0 spiro atoms. The van der Waals surface area contributed by atoms with Crippen LogP contribution in [0.1, 0.15) is 30.5 Å². The van der Waals surface area contributed by atoms with Crippen LogP contribution in [-0.4, -0.2) is 10.8 Å². The molecule has 1 aromatic heterocycles. The van der Waals surface area contributed by atoms with Crippen LogP contribution >= 0.6 is 0 Å². The maximum Gasteiger partial charge on any atom is 0.0663 e. The standard InChI is InChI=1S/C33H24N2/c1-33(2)27-15-11-20-7-3-4-8-23(20)30(27)26-14-13-25-24-9-5-6-10-29(24)35(32(25)31(26)33)22-12-16-28-21(19-22)17-18-34-28/h3-16,18-19H,17H2,1-2H3. The van der Waals surface area contributed by atoms with Gasteiger partial charge in [-0.05, 0) is 62.9 Å². The van der Waals surface area contributed by atoms with Crippen molar-refractivity contribution in [3.8, 4) is 16.8 Å². The van der Waals surface area contributed by atoms with Crippen molar-refractivity contribution in [2.75, 3.05) is 0 Å². The molecule has 2 heteroatoms. The minimum Gasteiger partial charge on any atom is -0.309 e. The number of aliphatic imine (C=N–C) groups is 1. The number of aromatic nitrogens is 1. The molecule has 0 saturated heterocycles. The highest BCUT2D eigenvalue weighted by Crippen LogP contribution is 2.54. The lowest BCUT2D eigenvalue weighted by molar-refractivity contribution is 0.664. The summed E-state index contributed by atoms with van der Waals surface area (Å²) in [5.41, 5.74) is 11.7. The summed E-state index contributed by atoms with van der Waals surface area (Å²) in [6.07, 6.45) is 2.92. The molecule has 1 aliphatic carbocycles. The summed E-state index contributed by atoms with van der Waals surface area (Å²) in [7, 11) is 0. The van der Waals surface area contributed by atoms with Gasteiger partial charge in [-0.2, -0.15) is 0 Å². The zero-order valence-corrected chi connectivity index (χ0v) is 19.8. The highest BCUT2D eigenvalue weighted by Gasteiger charge is 2.39. The molecule has 5 aromatic carbocycles. The normalized spacial score (nSPS) is 15.1. The lowest BCUT2D eigenvalue weighted by Crippen LogP contribution is -2.16. The van der Waals surface area contributed by atoms with Crippen LogP contribution in [0.4, 0.5) is 5.69 Å². The minimum absolute atomic E-state index is 0.111. The van der Waals surface area contributed by atoms with Crippen LogP contribution in [-0.2, 0) is 11.8 Å². The summed E-state index contributed by atoms with van der Waals surface area (Å²) in [6.45, 7) is 4.79. The average molecular weight is 449 g/mol. The molecule has 0 fully saturated rings. The lowest BCUT2D eigenvalue weighted by Gasteiger charge is -2.24. The van der Waals surface area contributed by atoms with Crippen LogP contribution in [0.15, 0.2) is 96.0 Å². The summed E-state index contributed by atoms with van der Waals surface area (Å²) in [4.78, 5) is 4.55. The number of benzene rings is 5. The van der Waals surface area contributed by atoms with Gasteiger partial charge in [0, 0.05) is 34.5 Å². The maximum absolute atomic E-state index is 4.55. The Bertz CT molecular complexity index is 1900. The Morgan fingerprint density at radius 2 is 1.60 bits per heavy atom. The molecule has 0 unspecified atom stereocenters. The summed E-state index contributed by atoms with van der Waals surface area (Å²) in [6, 6.07) is 33.7. The van der Waals surface area contributed by atoms with E-state index in [0.717, 1.165) is 12.1 Å². The third kappa shape index (κ3) is 2.37. The largest absolute Gasteiger partial charge is 0.309 e. The fraction of sp³-hybridized carbons (Fsp3) is 0.121. The molecule has 0 saturated carbocycles. The monoisotopic (exact) mass is 448 g/mol. The number of hydrogen-bond acceptors (Lipinski definition) is 1. The summed E-state index contributed by atoms with van der Waals surface area (Å²) < 4.78 is 2.50. The third-order valence-electron chi connectivity index (χ3n) is 8.20. The highest BCUT2D eigenvalue weighted by molar-refractivity contribution is 6.15. The Hall–Kier alpha value is -4.17. The van der Waals surface area contributed by atoms with Crippen molar-refractivity contribution in [2.24, 2.45) is 4.99 Å². The first-order chi connectivity index (χ1) is 17.1. The topological polar surface area (TPSA) is 17.3 Å². The smallest absolute Gasteiger partial charge is 0.0663 e. The van der Waals surface area contributed by atoms with Crippen molar-refractivity contribution in [1.82, 2.24) is 4.57 Å². The number of hydrogen-bond donors (Lipinski definition) is 0. The second-order valence-corrected chi connectivity index (χ2v) is 10.4. The Labute approximate surface area is 204 Å². The molecule has 0 N–H and O–H groups in total. The summed E-state index contributed by atoms with van der Waals surface area (Å²) >= 11 is 0. The molecule has 1 aliphatic heterocycles. The van der Waals surface area contributed by atoms with E-state index in [2.05, 4.69) is 114 Å². The SMILES string of the molecule is CC1(C)c2ccc3ccccc3c2-c2ccc3c4ccccc4n(-c4ccc5c(c4)CC=N5)c3c21. The number of fused-ring (bicyclic) bond motifs is 10. The Kier molecular flexibility index (Phi) is 3.55. The first-order valence-electron chi connectivity index (χ1n) is 12.4. The maximum atomic E-state index is 4.55. The molecule has 2 nitrogen and oxygen atoms in total. The van der Waals surface area contributed by atoms with E-state index in [0.29, 0.717) is 0 Å². The van der Waals surface area contributed by atoms with Crippen molar-refractivity contribution in [2.45, 2.75) is 25.7 Å². The zero-order chi connectivity index (χ0) is 23.3. The molecule has 2 aliphatic rings. The molecule has 2 heterocycles. The zero-order valence-electron chi connectivity index (χ0n) is 19.8. The van der Waals surface area contributed by atoms with Crippen molar-refractivity contribution < 1.29 is 0 Å². The van der Waals surface area contributed by atoms with Crippen LogP contribution in [0.3, 0.4) is 0 Å².